The smallest absolute Gasteiger partial charge is 0.226 e. The van der Waals surface area contributed by atoms with Gasteiger partial charge in [0, 0.05) is 49.2 Å². The van der Waals surface area contributed by atoms with Crippen molar-refractivity contribution in [3.8, 4) is 0 Å². The molecule has 1 fully saturated rings. The minimum absolute atomic E-state index is 0.0637. The lowest BCUT2D eigenvalue weighted by Crippen LogP contribution is -2.46. The topological polar surface area (TPSA) is 136 Å². The molecule has 1 aliphatic rings. The molecule has 0 bridgehead atoms. The van der Waals surface area contributed by atoms with E-state index in [4.69, 9.17) is 23.1 Å². The average Bonchev–Trinajstić information content (AvgIpc) is 3.33. The van der Waals surface area contributed by atoms with E-state index in [1.165, 1.54) is 0 Å². The summed E-state index contributed by atoms with van der Waals surface area (Å²) in [6, 6.07) is 6.38. The summed E-state index contributed by atoms with van der Waals surface area (Å²) in [5.41, 5.74) is 11.4. The number of aliphatic imine (C=N–C) groups is 1. The summed E-state index contributed by atoms with van der Waals surface area (Å²) in [4.78, 5) is 57.1. The zero-order valence-electron chi connectivity index (χ0n) is 21.6. The summed E-state index contributed by atoms with van der Waals surface area (Å²) in [5, 5.41) is 0.543. The molecule has 1 aromatic carbocycles. The van der Waals surface area contributed by atoms with Crippen LogP contribution in [0.5, 0.6) is 0 Å². The van der Waals surface area contributed by atoms with Crippen molar-refractivity contribution in [3.63, 3.8) is 0 Å². The first-order valence-corrected chi connectivity index (χ1v) is 13.1. The average molecular weight is 537 g/mol. The number of Topliss-reactive ketones (excluding diaryl/α,β-unsaturated/α-hetero) is 3. The van der Waals surface area contributed by atoms with Gasteiger partial charge >= 0.3 is 0 Å². The standard InChI is InChI=1S/C27H38ClFN4O4/c1-17(2)22(15-21(34)13-18-6-3-8-20(28)12-18)26(37)33-11-5-9-23(33)24(35)14-19(25(36)16-29)7-4-10-32-27(30)31/h3,6,8,12,17,19,22-23H,4-5,7,9-11,13-16H2,1-2H3,(H4,30,31,32)/t19-,22+,23+/m1/s1. The number of hydrogen-bond acceptors (Lipinski definition) is 5. The van der Waals surface area contributed by atoms with Crippen LogP contribution in [-0.2, 0) is 25.6 Å². The van der Waals surface area contributed by atoms with Gasteiger partial charge in [-0.25, -0.2) is 4.39 Å². The number of carbonyl (C=O) groups excluding carboxylic acids is 4. The van der Waals surface area contributed by atoms with Crippen LogP contribution in [0.2, 0.25) is 5.02 Å². The molecule has 4 N–H and O–H groups in total. The molecule has 0 aliphatic carbocycles. The van der Waals surface area contributed by atoms with Crippen LogP contribution in [-0.4, -0.2) is 59.9 Å². The summed E-state index contributed by atoms with van der Waals surface area (Å²) in [5.74, 6) is -2.74. The fraction of sp³-hybridized carbons (Fsp3) is 0.593. The van der Waals surface area contributed by atoms with Gasteiger partial charge in [0.15, 0.2) is 17.5 Å². The van der Waals surface area contributed by atoms with E-state index < -0.39 is 30.3 Å². The second-order valence-corrected chi connectivity index (χ2v) is 10.4. The van der Waals surface area contributed by atoms with Gasteiger partial charge in [-0.2, -0.15) is 0 Å². The molecule has 0 spiro atoms. The van der Waals surface area contributed by atoms with Crippen molar-refractivity contribution in [1.29, 1.82) is 0 Å². The molecule has 10 heteroatoms. The number of ketones is 3. The van der Waals surface area contributed by atoms with E-state index in [1.54, 1.807) is 23.1 Å². The van der Waals surface area contributed by atoms with Crippen LogP contribution in [0.15, 0.2) is 29.3 Å². The lowest BCUT2D eigenvalue weighted by atomic mass is 9.87. The predicted octanol–water partition coefficient (Wildman–Crippen LogP) is 3.27. The maximum Gasteiger partial charge on any atom is 0.226 e. The highest BCUT2D eigenvalue weighted by molar-refractivity contribution is 6.30. The second kappa shape index (κ2) is 14.8. The first-order chi connectivity index (χ1) is 17.5. The van der Waals surface area contributed by atoms with Crippen molar-refractivity contribution < 1.29 is 23.6 Å². The molecule has 0 saturated carbocycles. The summed E-state index contributed by atoms with van der Waals surface area (Å²) in [6.07, 6.45) is 1.93. The first kappa shape index (κ1) is 30.4. The number of hydrogen-bond donors (Lipinski definition) is 2. The van der Waals surface area contributed by atoms with Crippen LogP contribution in [0, 0.1) is 17.8 Å². The fourth-order valence-corrected chi connectivity index (χ4v) is 5.00. The third-order valence-electron chi connectivity index (χ3n) is 6.81. The number of alkyl halides is 1. The number of rotatable bonds is 15. The number of carbonyl (C=O) groups is 4. The Kier molecular flexibility index (Phi) is 12.2. The Morgan fingerprint density at radius 1 is 1.19 bits per heavy atom. The Bertz CT molecular complexity index is 996. The molecule has 3 atom stereocenters. The van der Waals surface area contributed by atoms with Gasteiger partial charge in [0.1, 0.15) is 12.5 Å². The van der Waals surface area contributed by atoms with Crippen molar-refractivity contribution in [2.75, 3.05) is 19.8 Å². The molecule has 0 radical (unpaired) electrons. The van der Waals surface area contributed by atoms with Crippen LogP contribution in [0.3, 0.4) is 0 Å². The molecule has 1 heterocycles. The number of amides is 1. The van der Waals surface area contributed by atoms with Gasteiger partial charge in [0.2, 0.25) is 5.91 Å². The van der Waals surface area contributed by atoms with Gasteiger partial charge in [-0.3, -0.25) is 24.2 Å². The number of nitrogens with zero attached hydrogens (tertiary/aromatic N) is 2. The number of nitrogens with two attached hydrogens (primary N) is 2. The molecule has 1 saturated heterocycles. The minimum atomic E-state index is -1.16. The Hall–Kier alpha value is -2.81. The van der Waals surface area contributed by atoms with E-state index in [0.717, 1.165) is 5.56 Å². The number of halogens is 2. The zero-order chi connectivity index (χ0) is 27.5. The molecule has 1 aliphatic heterocycles. The molecule has 37 heavy (non-hydrogen) atoms. The molecule has 0 aromatic heterocycles. The van der Waals surface area contributed by atoms with E-state index in [-0.39, 0.29) is 61.6 Å². The lowest BCUT2D eigenvalue weighted by Gasteiger charge is -2.30. The Balaban J connectivity index is 2.06. The molecule has 0 unspecified atom stereocenters. The third-order valence-corrected chi connectivity index (χ3v) is 7.04. The maximum absolute atomic E-state index is 13.5. The minimum Gasteiger partial charge on any atom is -0.370 e. The number of guanidine groups is 1. The fourth-order valence-electron chi connectivity index (χ4n) is 4.79. The van der Waals surface area contributed by atoms with Crippen molar-refractivity contribution in [2.24, 2.45) is 34.2 Å². The molecular weight excluding hydrogens is 499 g/mol. The van der Waals surface area contributed by atoms with Gasteiger partial charge in [-0.05, 0) is 49.3 Å². The van der Waals surface area contributed by atoms with Crippen LogP contribution >= 0.6 is 11.6 Å². The van der Waals surface area contributed by atoms with E-state index in [1.807, 2.05) is 19.9 Å². The summed E-state index contributed by atoms with van der Waals surface area (Å²) >= 11 is 6.02. The third kappa shape index (κ3) is 9.54. The highest BCUT2D eigenvalue weighted by Crippen LogP contribution is 2.28. The van der Waals surface area contributed by atoms with Crippen LogP contribution in [0.1, 0.15) is 57.9 Å². The van der Waals surface area contributed by atoms with Gasteiger partial charge in [0.05, 0.1) is 6.04 Å². The molecule has 2 rings (SSSR count). The second-order valence-electron chi connectivity index (χ2n) is 10.0. The van der Waals surface area contributed by atoms with E-state index in [0.29, 0.717) is 30.8 Å². The van der Waals surface area contributed by atoms with Gasteiger partial charge in [0.25, 0.3) is 0 Å². The van der Waals surface area contributed by atoms with Crippen molar-refractivity contribution in [3.05, 3.63) is 34.9 Å². The highest BCUT2D eigenvalue weighted by atomic mass is 35.5. The molecular formula is C27H38ClFN4O4. The summed E-state index contributed by atoms with van der Waals surface area (Å²) in [6.45, 7) is 3.30. The summed E-state index contributed by atoms with van der Waals surface area (Å²) in [7, 11) is 0. The maximum atomic E-state index is 13.5. The van der Waals surface area contributed by atoms with Gasteiger partial charge in [-0.1, -0.05) is 37.6 Å². The predicted molar refractivity (Wildman–Crippen MR) is 142 cm³/mol. The normalized spacial score (nSPS) is 16.9. The van der Waals surface area contributed by atoms with Crippen LogP contribution in [0.25, 0.3) is 0 Å². The first-order valence-electron chi connectivity index (χ1n) is 12.8. The largest absolute Gasteiger partial charge is 0.370 e. The van der Waals surface area contributed by atoms with E-state index >= 15 is 0 Å². The molecule has 204 valence electrons. The zero-order valence-corrected chi connectivity index (χ0v) is 22.4. The SMILES string of the molecule is CC(C)[C@H](CC(=O)Cc1cccc(Cl)c1)C(=O)N1CCC[C@H]1C(=O)C[C@@H](CCCN=C(N)N)C(=O)CF. The van der Waals surface area contributed by atoms with E-state index in [2.05, 4.69) is 4.99 Å². The van der Waals surface area contributed by atoms with Gasteiger partial charge < -0.3 is 16.4 Å². The van der Waals surface area contributed by atoms with Crippen molar-refractivity contribution >= 4 is 40.8 Å². The molecule has 1 aromatic rings. The molecule has 1 amide bonds. The van der Waals surface area contributed by atoms with Gasteiger partial charge in [-0.15, -0.1) is 0 Å². The van der Waals surface area contributed by atoms with Crippen LogP contribution < -0.4 is 11.5 Å². The van der Waals surface area contributed by atoms with Crippen molar-refractivity contribution in [1.82, 2.24) is 4.90 Å². The summed E-state index contributed by atoms with van der Waals surface area (Å²) < 4.78 is 13.2. The molecule has 8 nitrogen and oxygen atoms in total. The Labute approximate surface area is 223 Å². The Morgan fingerprint density at radius 2 is 1.92 bits per heavy atom. The monoisotopic (exact) mass is 536 g/mol. The number of benzene rings is 1. The van der Waals surface area contributed by atoms with E-state index in [9.17, 15) is 23.6 Å². The van der Waals surface area contributed by atoms with Crippen molar-refractivity contribution in [2.45, 2.75) is 64.8 Å². The Morgan fingerprint density at radius 3 is 2.54 bits per heavy atom. The lowest BCUT2D eigenvalue weighted by molar-refractivity contribution is -0.144. The van der Waals surface area contributed by atoms with Crippen LogP contribution in [0.4, 0.5) is 4.39 Å². The number of likely N-dealkylation sites (tertiary alicyclic amines) is 1. The highest BCUT2D eigenvalue weighted by Gasteiger charge is 2.39. The quantitative estimate of drug-likeness (QED) is 0.200.